The van der Waals surface area contributed by atoms with Gasteiger partial charge in [0.1, 0.15) is 0 Å². The second-order valence-electron chi connectivity index (χ2n) is 6.10. The average Bonchev–Trinajstić information content (AvgIpc) is 3.03. The van der Waals surface area contributed by atoms with Crippen molar-refractivity contribution in [1.29, 1.82) is 0 Å². The topological polar surface area (TPSA) is 23.6 Å². The highest BCUT2D eigenvalue weighted by molar-refractivity contribution is 6.54. The number of nitrogens with zero attached hydrogens (tertiary/aromatic N) is 2. The quantitative estimate of drug-likeness (QED) is 0.682. The molecule has 2 saturated heterocycles. The van der Waals surface area contributed by atoms with Crippen LogP contribution in [0.15, 0.2) is 34.8 Å². The molecule has 0 aromatic heterocycles. The van der Waals surface area contributed by atoms with E-state index in [0.29, 0.717) is 6.04 Å². The molecule has 0 amide bonds. The fraction of sp³-hybridized carbons (Fsp3) is 0.533. The van der Waals surface area contributed by atoms with Crippen molar-refractivity contribution in [3.8, 4) is 0 Å². The van der Waals surface area contributed by atoms with Gasteiger partial charge in [-0.05, 0) is 31.3 Å². The summed E-state index contributed by atoms with van der Waals surface area (Å²) in [6.45, 7) is 4.74. The van der Waals surface area contributed by atoms with Crippen molar-refractivity contribution in [2.45, 2.75) is 25.3 Å². The second-order valence-corrected chi connectivity index (χ2v) is 6.10. The molecule has 0 N–H and O–H groups in total. The van der Waals surface area contributed by atoms with E-state index in [2.05, 4.69) is 21.9 Å². The molecule has 98 valence electrons. The lowest BCUT2D eigenvalue weighted by Crippen LogP contribution is -2.49. The number of carbonyl (C=O) groups is 1. The van der Waals surface area contributed by atoms with Gasteiger partial charge in [-0.25, -0.2) is 0 Å². The lowest BCUT2D eigenvalue weighted by Gasteiger charge is -2.34. The van der Waals surface area contributed by atoms with E-state index >= 15 is 0 Å². The number of rotatable bonds is 2. The van der Waals surface area contributed by atoms with Crippen molar-refractivity contribution in [3.63, 3.8) is 0 Å². The molecule has 4 rings (SSSR count). The van der Waals surface area contributed by atoms with Crippen molar-refractivity contribution in [2.75, 3.05) is 26.2 Å². The highest BCUT2D eigenvalue weighted by atomic mass is 16.1. The Bertz CT molecular complexity index is 520. The fourth-order valence-corrected chi connectivity index (χ4v) is 3.82. The lowest BCUT2D eigenvalue weighted by atomic mass is 9.71. The van der Waals surface area contributed by atoms with E-state index in [1.165, 1.54) is 31.6 Å². The summed E-state index contributed by atoms with van der Waals surface area (Å²) in [4.78, 5) is 17.5. The van der Waals surface area contributed by atoms with Crippen molar-refractivity contribution in [1.82, 2.24) is 9.71 Å². The van der Waals surface area contributed by atoms with Crippen LogP contribution in [-0.4, -0.2) is 55.1 Å². The second kappa shape index (κ2) is 4.46. The third-order valence-corrected chi connectivity index (χ3v) is 5.00. The summed E-state index contributed by atoms with van der Waals surface area (Å²) < 4.78 is 0. The Kier molecular flexibility index (Phi) is 2.74. The van der Waals surface area contributed by atoms with E-state index in [1.54, 1.807) is 0 Å². The van der Waals surface area contributed by atoms with Gasteiger partial charge in [-0.3, -0.25) is 4.79 Å². The zero-order valence-electron chi connectivity index (χ0n) is 11.3. The minimum Gasteiger partial charge on any atom is -0.336 e. The van der Waals surface area contributed by atoms with Crippen LogP contribution in [0.3, 0.4) is 0 Å². The molecule has 4 aliphatic rings. The summed E-state index contributed by atoms with van der Waals surface area (Å²) in [6, 6.07) is 0.678. The molecule has 2 aliphatic heterocycles. The zero-order chi connectivity index (χ0) is 12.8. The Morgan fingerprint density at radius 2 is 2.16 bits per heavy atom. The summed E-state index contributed by atoms with van der Waals surface area (Å²) in [5.41, 5.74) is 3.34. The van der Waals surface area contributed by atoms with Crippen LogP contribution in [0.25, 0.3) is 0 Å². The molecule has 2 fully saturated rings. The zero-order valence-corrected chi connectivity index (χ0v) is 11.3. The molecular formula is C15H19BN2O. The summed E-state index contributed by atoms with van der Waals surface area (Å²) in [5.74, 6) is 0.287. The van der Waals surface area contributed by atoms with Crippen LogP contribution < -0.4 is 0 Å². The number of Topliss-reactive ketones (excluding diaryl/α,β-unsaturated/α-hetero) is 1. The molecule has 3 nitrogen and oxygen atoms in total. The third kappa shape index (κ3) is 1.94. The monoisotopic (exact) mass is 254 g/mol. The van der Waals surface area contributed by atoms with Crippen LogP contribution in [0.2, 0.25) is 0 Å². The first kappa shape index (κ1) is 11.7. The maximum absolute atomic E-state index is 12.5. The average molecular weight is 254 g/mol. The molecule has 0 aromatic rings. The molecule has 2 atom stereocenters. The van der Waals surface area contributed by atoms with E-state index in [1.807, 2.05) is 6.08 Å². The van der Waals surface area contributed by atoms with Gasteiger partial charge in [-0.2, -0.15) is 0 Å². The van der Waals surface area contributed by atoms with Crippen LogP contribution in [0.5, 0.6) is 0 Å². The highest BCUT2D eigenvalue weighted by Crippen LogP contribution is 2.30. The largest absolute Gasteiger partial charge is 0.336 e. The van der Waals surface area contributed by atoms with Crippen LogP contribution >= 0.6 is 0 Å². The van der Waals surface area contributed by atoms with Gasteiger partial charge in [0.15, 0.2) is 5.78 Å². The van der Waals surface area contributed by atoms with Crippen LogP contribution in [0, 0.1) is 0 Å². The molecule has 2 aliphatic carbocycles. The molecule has 2 heterocycles. The van der Waals surface area contributed by atoms with Crippen LogP contribution in [-0.2, 0) is 4.79 Å². The molecule has 0 radical (unpaired) electrons. The minimum atomic E-state index is 0.287. The van der Waals surface area contributed by atoms with Crippen LogP contribution in [0.4, 0.5) is 0 Å². The van der Waals surface area contributed by atoms with Gasteiger partial charge < -0.3 is 9.71 Å². The van der Waals surface area contributed by atoms with Gasteiger partial charge in [0.2, 0.25) is 7.41 Å². The van der Waals surface area contributed by atoms with Crippen molar-refractivity contribution in [3.05, 3.63) is 34.8 Å². The number of hydrogen-bond donors (Lipinski definition) is 0. The normalized spacial score (nSPS) is 33.7. The van der Waals surface area contributed by atoms with Crippen molar-refractivity contribution in [2.24, 2.45) is 0 Å². The summed E-state index contributed by atoms with van der Waals surface area (Å²) in [5, 5.41) is 0. The van der Waals surface area contributed by atoms with Crippen LogP contribution in [0.1, 0.15) is 19.3 Å². The van der Waals surface area contributed by atoms with E-state index in [0.717, 1.165) is 37.8 Å². The van der Waals surface area contributed by atoms with Gasteiger partial charge >= 0.3 is 0 Å². The summed E-state index contributed by atoms with van der Waals surface area (Å²) in [6.07, 6.45) is 9.55. The first-order valence-corrected chi connectivity index (χ1v) is 7.40. The van der Waals surface area contributed by atoms with Gasteiger partial charge in [-0.15, -0.1) is 0 Å². The van der Waals surface area contributed by atoms with Crippen molar-refractivity contribution >= 4 is 13.2 Å². The van der Waals surface area contributed by atoms with E-state index in [9.17, 15) is 4.79 Å². The third-order valence-electron chi connectivity index (χ3n) is 5.00. The maximum Gasteiger partial charge on any atom is 0.243 e. The molecule has 0 aromatic carbocycles. The SMILES string of the molecule is O=C1C(BN2CCN3CCC2C3)=CCC2=C1C=CC2. The predicted octanol–water partition coefficient (Wildman–Crippen LogP) is 0.841. The number of allylic oxidation sites excluding steroid dienone is 6. The number of piperazine rings is 1. The molecule has 19 heavy (non-hydrogen) atoms. The molecule has 0 saturated carbocycles. The standard InChI is InChI=1S/C15H19BN2O/c19-15-13-3-1-2-11(13)4-5-14(15)16-18-9-8-17-7-6-12(18)10-17/h1,3,5,12,16H,2,4,6-10H2. The summed E-state index contributed by atoms with van der Waals surface area (Å²) >= 11 is 0. The molecule has 2 bridgehead atoms. The Hall–Kier alpha value is -1.13. The Balaban J connectivity index is 1.48. The molecule has 2 unspecified atom stereocenters. The Morgan fingerprint density at radius 1 is 1.21 bits per heavy atom. The van der Waals surface area contributed by atoms with E-state index in [-0.39, 0.29) is 5.78 Å². The van der Waals surface area contributed by atoms with Crippen molar-refractivity contribution < 1.29 is 4.79 Å². The predicted molar refractivity (Wildman–Crippen MR) is 77.2 cm³/mol. The van der Waals surface area contributed by atoms with Gasteiger partial charge in [0, 0.05) is 31.2 Å². The van der Waals surface area contributed by atoms with Gasteiger partial charge in [0.05, 0.1) is 0 Å². The smallest absolute Gasteiger partial charge is 0.243 e. The maximum atomic E-state index is 12.5. The number of fused-ring (bicyclic) bond motifs is 2. The van der Waals surface area contributed by atoms with Gasteiger partial charge in [0.25, 0.3) is 0 Å². The number of ketones is 1. The summed E-state index contributed by atoms with van der Waals surface area (Å²) in [7, 11) is 0.863. The van der Waals surface area contributed by atoms with Gasteiger partial charge in [-0.1, -0.05) is 23.8 Å². The molecule has 0 spiro atoms. The first-order chi connectivity index (χ1) is 9.31. The first-order valence-electron chi connectivity index (χ1n) is 7.40. The molecule has 4 heteroatoms. The number of carbonyl (C=O) groups excluding carboxylic acids is 1. The minimum absolute atomic E-state index is 0.287. The van der Waals surface area contributed by atoms with E-state index in [4.69, 9.17) is 0 Å². The number of hydrogen-bond acceptors (Lipinski definition) is 3. The fourth-order valence-electron chi connectivity index (χ4n) is 3.82. The highest BCUT2D eigenvalue weighted by Gasteiger charge is 2.34. The van der Waals surface area contributed by atoms with E-state index < -0.39 is 0 Å². The Labute approximate surface area is 114 Å². The molecular weight excluding hydrogens is 235 g/mol. The lowest BCUT2D eigenvalue weighted by molar-refractivity contribution is -0.111. The Morgan fingerprint density at radius 3 is 3.11 bits per heavy atom.